The molecule has 1 saturated heterocycles. The Labute approximate surface area is 135 Å². The highest BCUT2D eigenvalue weighted by molar-refractivity contribution is 5.81. The molecular formula is C16H33N5O. The maximum Gasteiger partial charge on any atom is 0.221 e. The van der Waals surface area contributed by atoms with E-state index in [4.69, 9.17) is 0 Å². The van der Waals surface area contributed by atoms with E-state index in [1.165, 1.54) is 0 Å². The Bertz CT molecular complexity index is 370. The van der Waals surface area contributed by atoms with Gasteiger partial charge >= 0.3 is 0 Å². The number of carbonyl (C=O) groups is 1. The predicted octanol–water partition coefficient (Wildman–Crippen LogP) is 0.796. The summed E-state index contributed by atoms with van der Waals surface area (Å²) in [6, 6.07) is 0.981. The van der Waals surface area contributed by atoms with Gasteiger partial charge in [-0.1, -0.05) is 13.8 Å². The molecule has 0 aromatic carbocycles. The maximum absolute atomic E-state index is 11.6. The zero-order valence-corrected chi connectivity index (χ0v) is 14.8. The quantitative estimate of drug-likeness (QED) is 0.480. The summed E-state index contributed by atoms with van der Waals surface area (Å²) in [6.07, 6.45) is 1.44. The van der Waals surface area contributed by atoms with Gasteiger partial charge in [-0.3, -0.25) is 14.7 Å². The number of rotatable bonds is 7. The number of hydrogen-bond acceptors (Lipinski definition) is 3. The van der Waals surface area contributed by atoms with Gasteiger partial charge in [0.15, 0.2) is 5.96 Å². The molecule has 0 aromatic heterocycles. The second kappa shape index (κ2) is 9.66. The molecule has 1 rings (SSSR count). The highest BCUT2D eigenvalue weighted by Gasteiger charge is 2.31. The second-order valence-electron chi connectivity index (χ2n) is 6.37. The van der Waals surface area contributed by atoms with Gasteiger partial charge in [0.2, 0.25) is 5.91 Å². The minimum atomic E-state index is 0.0880. The lowest BCUT2D eigenvalue weighted by Gasteiger charge is -2.21. The van der Waals surface area contributed by atoms with Crippen LogP contribution in [-0.4, -0.2) is 62.1 Å². The number of nitrogens with one attached hydrogen (secondary N) is 3. The van der Waals surface area contributed by atoms with Crippen molar-refractivity contribution in [3.63, 3.8) is 0 Å². The van der Waals surface area contributed by atoms with E-state index in [0.717, 1.165) is 32.0 Å². The summed E-state index contributed by atoms with van der Waals surface area (Å²) in [4.78, 5) is 18.3. The van der Waals surface area contributed by atoms with E-state index < -0.39 is 0 Å². The molecule has 3 N–H and O–H groups in total. The molecule has 0 spiro atoms. The van der Waals surface area contributed by atoms with Crippen LogP contribution in [0.2, 0.25) is 0 Å². The number of likely N-dealkylation sites (tertiary alicyclic amines) is 1. The Hall–Kier alpha value is -1.30. The van der Waals surface area contributed by atoms with Crippen molar-refractivity contribution in [2.75, 3.05) is 33.2 Å². The molecule has 0 aliphatic carbocycles. The summed E-state index contributed by atoms with van der Waals surface area (Å²) in [6.45, 7) is 12.3. The van der Waals surface area contributed by atoms with Gasteiger partial charge in [0, 0.05) is 51.7 Å². The molecule has 0 saturated carbocycles. The minimum absolute atomic E-state index is 0.0880. The molecule has 22 heavy (non-hydrogen) atoms. The van der Waals surface area contributed by atoms with E-state index in [1.807, 2.05) is 6.92 Å². The van der Waals surface area contributed by atoms with Crippen molar-refractivity contribution in [2.24, 2.45) is 10.9 Å². The molecule has 128 valence electrons. The number of carbonyl (C=O) groups excluding carboxylic acids is 1. The first-order valence-electron chi connectivity index (χ1n) is 8.45. The maximum atomic E-state index is 11.6. The molecule has 1 amide bonds. The lowest BCUT2D eigenvalue weighted by atomic mass is 10.1. The zero-order chi connectivity index (χ0) is 16.5. The van der Waals surface area contributed by atoms with Crippen molar-refractivity contribution in [3.05, 3.63) is 0 Å². The van der Waals surface area contributed by atoms with Gasteiger partial charge in [0.1, 0.15) is 0 Å². The Morgan fingerprint density at radius 1 is 1.27 bits per heavy atom. The average molecular weight is 311 g/mol. The monoisotopic (exact) mass is 311 g/mol. The van der Waals surface area contributed by atoms with Crippen LogP contribution in [0.15, 0.2) is 4.99 Å². The number of aliphatic imine (C=N–C) groups is 1. The fourth-order valence-corrected chi connectivity index (χ4v) is 2.63. The third-order valence-electron chi connectivity index (χ3n) is 4.13. The highest BCUT2D eigenvalue weighted by Crippen LogP contribution is 2.18. The SMILES string of the molecule is CCCNC(=O)CCNC(=NC)NC1CN(C(C)C)CC1C. The van der Waals surface area contributed by atoms with E-state index in [2.05, 4.69) is 46.6 Å². The van der Waals surface area contributed by atoms with Crippen molar-refractivity contribution in [2.45, 2.75) is 52.6 Å². The average Bonchev–Trinajstić information content (AvgIpc) is 2.85. The molecule has 1 aliphatic rings. The third kappa shape index (κ3) is 6.22. The van der Waals surface area contributed by atoms with Crippen molar-refractivity contribution in [1.29, 1.82) is 0 Å². The van der Waals surface area contributed by atoms with Gasteiger partial charge in [0.05, 0.1) is 0 Å². The van der Waals surface area contributed by atoms with E-state index in [0.29, 0.717) is 31.0 Å². The normalized spacial score (nSPS) is 22.9. The molecule has 1 fully saturated rings. The largest absolute Gasteiger partial charge is 0.356 e. The summed E-state index contributed by atoms with van der Waals surface area (Å²) >= 11 is 0. The summed E-state index contributed by atoms with van der Waals surface area (Å²) in [5.74, 6) is 1.46. The van der Waals surface area contributed by atoms with Crippen molar-refractivity contribution in [3.8, 4) is 0 Å². The Balaban J connectivity index is 2.32. The summed E-state index contributed by atoms with van der Waals surface area (Å²) < 4.78 is 0. The standard InChI is InChI=1S/C16H33N5O/c1-6-8-18-15(22)7-9-19-16(17-5)20-14-11-21(12(2)3)10-13(14)4/h12-14H,6-11H2,1-5H3,(H,18,22)(H2,17,19,20). The summed E-state index contributed by atoms with van der Waals surface area (Å²) in [7, 11) is 1.77. The van der Waals surface area contributed by atoms with Crippen molar-refractivity contribution >= 4 is 11.9 Å². The van der Waals surface area contributed by atoms with Crippen LogP contribution in [0.5, 0.6) is 0 Å². The molecular weight excluding hydrogens is 278 g/mol. The molecule has 1 aliphatic heterocycles. The number of amides is 1. The first-order chi connectivity index (χ1) is 10.5. The van der Waals surface area contributed by atoms with E-state index >= 15 is 0 Å². The molecule has 6 heteroatoms. The molecule has 2 atom stereocenters. The molecule has 2 unspecified atom stereocenters. The van der Waals surface area contributed by atoms with Crippen LogP contribution in [0.4, 0.5) is 0 Å². The van der Waals surface area contributed by atoms with Crippen LogP contribution in [0.3, 0.4) is 0 Å². The van der Waals surface area contributed by atoms with Crippen LogP contribution in [0.1, 0.15) is 40.5 Å². The third-order valence-corrected chi connectivity index (χ3v) is 4.13. The summed E-state index contributed by atoms with van der Waals surface area (Å²) in [5, 5.41) is 9.59. The zero-order valence-electron chi connectivity index (χ0n) is 14.8. The molecule has 6 nitrogen and oxygen atoms in total. The Morgan fingerprint density at radius 2 is 2.00 bits per heavy atom. The smallest absolute Gasteiger partial charge is 0.221 e. The van der Waals surface area contributed by atoms with Gasteiger partial charge in [-0.2, -0.15) is 0 Å². The Kier molecular flexibility index (Phi) is 8.24. The lowest BCUT2D eigenvalue weighted by molar-refractivity contribution is -0.120. The molecule has 1 heterocycles. The van der Waals surface area contributed by atoms with E-state index in [1.54, 1.807) is 7.05 Å². The lowest BCUT2D eigenvalue weighted by Crippen LogP contribution is -2.47. The predicted molar refractivity (Wildman–Crippen MR) is 92.1 cm³/mol. The summed E-state index contributed by atoms with van der Waals surface area (Å²) in [5.41, 5.74) is 0. The van der Waals surface area contributed by atoms with Crippen LogP contribution >= 0.6 is 0 Å². The second-order valence-corrected chi connectivity index (χ2v) is 6.37. The van der Waals surface area contributed by atoms with Gasteiger partial charge in [-0.15, -0.1) is 0 Å². The minimum Gasteiger partial charge on any atom is -0.356 e. The van der Waals surface area contributed by atoms with Crippen LogP contribution in [0, 0.1) is 5.92 Å². The topological polar surface area (TPSA) is 68.8 Å². The fourth-order valence-electron chi connectivity index (χ4n) is 2.63. The first kappa shape index (κ1) is 18.7. The molecule has 0 bridgehead atoms. The van der Waals surface area contributed by atoms with Gasteiger partial charge in [-0.25, -0.2) is 0 Å². The van der Waals surface area contributed by atoms with E-state index in [-0.39, 0.29) is 5.91 Å². The Morgan fingerprint density at radius 3 is 2.55 bits per heavy atom. The number of hydrogen-bond donors (Lipinski definition) is 3. The molecule has 0 radical (unpaired) electrons. The van der Waals surface area contributed by atoms with Gasteiger partial charge in [-0.05, 0) is 26.2 Å². The first-order valence-corrected chi connectivity index (χ1v) is 8.45. The van der Waals surface area contributed by atoms with Crippen LogP contribution < -0.4 is 16.0 Å². The molecule has 0 aromatic rings. The van der Waals surface area contributed by atoms with Crippen LogP contribution in [0.25, 0.3) is 0 Å². The van der Waals surface area contributed by atoms with Crippen molar-refractivity contribution < 1.29 is 4.79 Å². The van der Waals surface area contributed by atoms with Crippen LogP contribution in [-0.2, 0) is 4.79 Å². The highest BCUT2D eigenvalue weighted by atomic mass is 16.1. The van der Waals surface area contributed by atoms with E-state index in [9.17, 15) is 4.79 Å². The number of nitrogens with zero attached hydrogens (tertiary/aromatic N) is 2. The van der Waals surface area contributed by atoms with Gasteiger partial charge < -0.3 is 16.0 Å². The van der Waals surface area contributed by atoms with Crippen molar-refractivity contribution in [1.82, 2.24) is 20.9 Å². The number of guanidine groups is 1. The van der Waals surface area contributed by atoms with Gasteiger partial charge in [0.25, 0.3) is 0 Å². The fraction of sp³-hybridized carbons (Fsp3) is 0.875.